The summed E-state index contributed by atoms with van der Waals surface area (Å²) in [5, 5.41) is 0. The number of alkyl halides is 2. The average Bonchev–Trinajstić information content (AvgIpc) is 2.15. The smallest absolute Gasteiger partial charge is 0.265 e. The molecule has 0 aliphatic heterocycles. The lowest BCUT2D eigenvalue weighted by Crippen LogP contribution is -2.03. The van der Waals surface area contributed by atoms with Gasteiger partial charge in [-0.05, 0) is 19.1 Å². The molecule has 1 rings (SSSR count). The second-order valence-corrected chi connectivity index (χ2v) is 3.79. The van der Waals surface area contributed by atoms with Crippen molar-refractivity contribution in [3.8, 4) is 0 Å². The Hall–Kier alpha value is -1.10. The zero-order chi connectivity index (χ0) is 11.6. The molecule has 0 fully saturated rings. The van der Waals surface area contributed by atoms with E-state index < -0.39 is 12.2 Å². The van der Waals surface area contributed by atoms with Crippen molar-refractivity contribution >= 4 is 28.0 Å². The van der Waals surface area contributed by atoms with Crippen molar-refractivity contribution in [2.75, 3.05) is 0 Å². The zero-order valence-electron chi connectivity index (χ0n) is 7.76. The summed E-state index contributed by atoms with van der Waals surface area (Å²) in [6.45, 7) is 1.18. The van der Waals surface area contributed by atoms with Gasteiger partial charge >= 0.3 is 0 Å². The van der Waals surface area contributed by atoms with Crippen LogP contribution in [-0.4, -0.2) is 12.1 Å². The molecule has 0 atom stereocenters. The monoisotopic (exact) mass is 276 g/mol. The van der Waals surface area contributed by atoms with E-state index in [-0.39, 0.29) is 21.2 Å². The topological polar surface area (TPSA) is 34.1 Å². The lowest BCUT2D eigenvalue weighted by atomic mass is 10.0. The number of halogens is 3. The van der Waals surface area contributed by atoms with Gasteiger partial charge in [0.1, 0.15) is 6.29 Å². The van der Waals surface area contributed by atoms with Gasteiger partial charge in [-0.25, -0.2) is 8.78 Å². The molecule has 0 radical (unpaired) electrons. The Morgan fingerprint density at radius 1 is 1.47 bits per heavy atom. The predicted octanol–water partition coefficient (Wildman–Crippen LogP) is 3.40. The largest absolute Gasteiger partial charge is 0.298 e. The molecule has 0 bridgehead atoms. The summed E-state index contributed by atoms with van der Waals surface area (Å²) < 4.78 is 25.3. The van der Waals surface area contributed by atoms with Gasteiger partial charge in [-0.15, -0.1) is 0 Å². The van der Waals surface area contributed by atoms with Crippen LogP contribution in [0, 0.1) is 0 Å². The van der Waals surface area contributed by atoms with Gasteiger partial charge in [0, 0.05) is 21.2 Å². The van der Waals surface area contributed by atoms with Crippen LogP contribution in [0.3, 0.4) is 0 Å². The van der Waals surface area contributed by atoms with E-state index in [4.69, 9.17) is 0 Å². The van der Waals surface area contributed by atoms with Crippen LogP contribution in [0.4, 0.5) is 8.78 Å². The fourth-order valence-corrected chi connectivity index (χ4v) is 1.87. The summed E-state index contributed by atoms with van der Waals surface area (Å²) >= 11 is 2.92. The van der Waals surface area contributed by atoms with E-state index in [1.54, 1.807) is 0 Å². The minimum absolute atomic E-state index is 0.0762. The molecule has 0 N–H and O–H groups in total. The molecular formula is C10H7BrF2O2. The van der Waals surface area contributed by atoms with Crippen molar-refractivity contribution in [2.24, 2.45) is 0 Å². The Kier molecular flexibility index (Phi) is 3.68. The van der Waals surface area contributed by atoms with Gasteiger partial charge in [0.25, 0.3) is 6.43 Å². The second kappa shape index (κ2) is 4.61. The first-order valence-electron chi connectivity index (χ1n) is 4.05. The molecule has 0 spiro atoms. The molecule has 1 aromatic rings. The van der Waals surface area contributed by atoms with E-state index >= 15 is 0 Å². The van der Waals surface area contributed by atoms with E-state index in [0.717, 1.165) is 0 Å². The molecule has 0 aliphatic carbocycles. The summed E-state index contributed by atoms with van der Waals surface area (Å²) in [5.41, 5.74) is -0.300. The second-order valence-electron chi connectivity index (χ2n) is 2.94. The van der Waals surface area contributed by atoms with Crippen LogP contribution in [-0.2, 0) is 0 Å². The van der Waals surface area contributed by atoms with Gasteiger partial charge in [0.2, 0.25) is 0 Å². The Labute approximate surface area is 93.4 Å². The van der Waals surface area contributed by atoms with Crippen molar-refractivity contribution in [2.45, 2.75) is 13.3 Å². The number of benzene rings is 1. The molecular weight excluding hydrogens is 270 g/mol. The van der Waals surface area contributed by atoms with Crippen molar-refractivity contribution in [1.82, 2.24) is 0 Å². The predicted molar refractivity (Wildman–Crippen MR) is 54.5 cm³/mol. The summed E-state index contributed by atoms with van der Waals surface area (Å²) in [6.07, 6.45) is -2.24. The highest BCUT2D eigenvalue weighted by Gasteiger charge is 2.20. The number of aldehydes is 1. The Balaban J connectivity index is 3.49. The average molecular weight is 277 g/mol. The van der Waals surface area contributed by atoms with Crippen molar-refractivity contribution < 1.29 is 18.4 Å². The fourth-order valence-electron chi connectivity index (χ4n) is 1.22. The normalized spacial score (nSPS) is 10.5. The van der Waals surface area contributed by atoms with Gasteiger partial charge in [-0.2, -0.15) is 0 Å². The van der Waals surface area contributed by atoms with Gasteiger partial charge in [-0.1, -0.05) is 15.9 Å². The maximum atomic E-state index is 12.6. The molecule has 0 amide bonds. The molecule has 0 aromatic heterocycles. The van der Waals surface area contributed by atoms with Crippen LogP contribution in [0.15, 0.2) is 16.6 Å². The number of carbonyl (C=O) groups is 2. The minimum Gasteiger partial charge on any atom is -0.298 e. The molecule has 0 heterocycles. The van der Waals surface area contributed by atoms with E-state index in [9.17, 15) is 18.4 Å². The lowest BCUT2D eigenvalue weighted by molar-refractivity contribution is 0.0998. The molecule has 15 heavy (non-hydrogen) atoms. The van der Waals surface area contributed by atoms with Crippen LogP contribution in [0.2, 0.25) is 0 Å². The van der Waals surface area contributed by atoms with Crippen LogP contribution in [0.5, 0.6) is 0 Å². The van der Waals surface area contributed by atoms with Crippen LogP contribution >= 0.6 is 15.9 Å². The molecule has 2 nitrogen and oxygen atoms in total. The summed E-state index contributed by atoms with van der Waals surface area (Å²) in [7, 11) is 0. The lowest BCUT2D eigenvalue weighted by Gasteiger charge is -2.09. The third-order valence-corrected chi connectivity index (χ3v) is 2.54. The number of carbonyl (C=O) groups excluding carboxylic acids is 2. The number of ketones is 1. The van der Waals surface area contributed by atoms with Crippen molar-refractivity contribution in [3.63, 3.8) is 0 Å². The number of rotatable bonds is 3. The van der Waals surface area contributed by atoms with E-state index in [1.165, 1.54) is 19.1 Å². The van der Waals surface area contributed by atoms with Gasteiger partial charge in [0.05, 0.1) is 0 Å². The molecule has 1 aromatic carbocycles. The van der Waals surface area contributed by atoms with E-state index in [2.05, 4.69) is 15.9 Å². The van der Waals surface area contributed by atoms with Crippen LogP contribution in [0.25, 0.3) is 0 Å². The minimum atomic E-state index is -2.75. The third-order valence-electron chi connectivity index (χ3n) is 1.89. The molecule has 0 aliphatic rings. The van der Waals surface area contributed by atoms with Gasteiger partial charge < -0.3 is 0 Å². The molecule has 5 heteroatoms. The third kappa shape index (κ3) is 2.47. The Morgan fingerprint density at radius 2 is 2.07 bits per heavy atom. The summed E-state index contributed by atoms with van der Waals surface area (Å²) in [6, 6.07) is 2.43. The molecule has 80 valence electrons. The van der Waals surface area contributed by atoms with Crippen molar-refractivity contribution in [1.29, 1.82) is 0 Å². The number of hydrogen-bond donors (Lipinski definition) is 0. The van der Waals surface area contributed by atoms with Crippen LogP contribution in [0.1, 0.15) is 39.6 Å². The Bertz CT molecular complexity index is 416. The van der Waals surface area contributed by atoms with Gasteiger partial charge in [-0.3, -0.25) is 9.59 Å². The fraction of sp³-hybridized carbons (Fsp3) is 0.200. The van der Waals surface area contributed by atoms with E-state index in [0.29, 0.717) is 6.29 Å². The standard InChI is InChI=1S/C10H7BrF2O2/c1-5(15)7-2-6(4-14)3-8(11)9(7)10(12)13/h2-4,10H,1H3. The highest BCUT2D eigenvalue weighted by atomic mass is 79.9. The van der Waals surface area contributed by atoms with Crippen molar-refractivity contribution in [3.05, 3.63) is 33.3 Å². The van der Waals surface area contributed by atoms with Gasteiger partial charge in [0.15, 0.2) is 5.78 Å². The Morgan fingerprint density at radius 3 is 2.47 bits per heavy atom. The maximum Gasteiger partial charge on any atom is 0.265 e. The first-order valence-corrected chi connectivity index (χ1v) is 4.84. The molecule has 0 unspecified atom stereocenters. The summed E-state index contributed by atoms with van der Waals surface area (Å²) in [4.78, 5) is 21.6. The van der Waals surface area contributed by atoms with E-state index in [1.807, 2.05) is 0 Å². The maximum absolute atomic E-state index is 12.6. The molecule has 0 saturated heterocycles. The SMILES string of the molecule is CC(=O)c1cc(C=O)cc(Br)c1C(F)F. The number of hydrogen-bond acceptors (Lipinski definition) is 2. The first kappa shape index (κ1) is 12.0. The molecule has 0 saturated carbocycles. The first-order chi connectivity index (χ1) is 6.97. The number of Topliss-reactive ketones (excluding diaryl/α,β-unsaturated/α-hetero) is 1. The highest BCUT2D eigenvalue weighted by Crippen LogP contribution is 2.31. The zero-order valence-corrected chi connectivity index (χ0v) is 9.35. The van der Waals surface area contributed by atoms with Crippen LogP contribution < -0.4 is 0 Å². The highest BCUT2D eigenvalue weighted by molar-refractivity contribution is 9.10. The quantitative estimate of drug-likeness (QED) is 0.626. The summed E-state index contributed by atoms with van der Waals surface area (Å²) in [5.74, 6) is -0.491.